The molecule has 1 rings (SSSR count). The predicted octanol–water partition coefficient (Wildman–Crippen LogP) is 5.00. The Morgan fingerprint density at radius 2 is 1.60 bits per heavy atom. The van der Waals surface area contributed by atoms with Gasteiger partial charge in [0.25, 0.3) is 0 Å². The van der Waals surface area contributed by atoms with Gasteiger partial charge in [-0.3, -0.25) is 0 Å². The van der Waals surface area contributed by atoms with Crippen LogP contribution in [-0.2, 0) is 6.42 Å². The van der Waals surface area contributed by atoms with Crippen molar-refractivity contribution in [2.24, 2.45) is 16.7 Å². The number of rotatable bonds is 2. The first-order valence-corrected chi connectivity index (χ1v) is 6.66. The summed E-state index contributed by atoms with van der Waals surface area (Å²) in [6.07, 6.45) is 1.20. The van der Waals surface area contributed by atoms with E-state index in [-0.39, 0.29) is 0 Å². The van der Waals surface area contributed by atoms with Crippen LogP contribution in [0.5, 0.6) is 0 Å². The van der Waals surface area contributed by atoms with Crippen molar-refractivity contribution in [3.05, 3.63) is 22.4 Å². The molecular formula is C14H24S. The van der Waals surface area contributed by atoms with Gasteiger partial charge in [0.15, 0.2) is 0 Å². The minimum Gasteiger partial charge on any atom is -0.152 e. The number of thiophene rings is 1. The first-order valence-electron chi connectivity index (χ1n) is 5.72. The maximum absolute atomic E-state index is 2.36. The fraction of sp³-hybridized carbons (Fsp3) is 0.714. The summed E-state index contributed by atoms with van der Waals surface area (Å²) in [6.45, 7) is 14.1. The molecule has 0 fully saturated rings. The van der Waals surface area contributed by atoms with E-state index in [1.807, 2.05) is 0 Å². The minimum atomic E-state index is 0.375. The summed E-state index contributed by atoms with van der Waals surface area (Å²) in [6, 6.07) is 2.26. The van der Waals surface area contributed by atoms with Gasteiger partial charge in [-0.15, -0.1) is 0 Å². The van der Waals surface area contributed by atoms with Gasteiger partial charge < -0.3 is 0 Å². The highest BCUT2D eigenvalue weighted by molar-refractivity contribution is 7.07. The van der Waals surface area contributed by atoms with Crippen molar-refractivity contribution >= 4 is 11.3 Å². The summed E-state index contributed by atoms with van der Waals surface area (Å²) in [7, 11) is 0. The largest absolute Gasteiger partial charge is 0.152 e. The Morgan fingerprint density at radius 1 is 1.07 bits per heavy atom. The molecule has 0 amide bonds. The van der Waals surface area contributed by atoms with E-state index in [0.717, 1.165) is 5.92 Å². The first-order chi connectivity index (χ1) is 6.71. The van der Waals surface area contributed by atoms with Crippen LogP contribution in [0, 0.1) is 16.7 Å². The van der Waals surface area contributed by atoms with Gasteiger partial charge in [-0.1, -0.05) is 41.5 Å². The maximum atomic E-state index is 2.36. The zero-order valence-electron chi connectivity index (χ0n) is 10.9. The summed E-state index contributed by atoms with van der Waals surface area (Å²) in [5.41, 5.74) is 2.25. The van der Waals surface area contributed by atoms with Crippen LogP contribution < -0.4 is 0 Å². The smallest absolute Gasteiger partial charge is 0.00611 e. The molecule has 1 heteroatoms. The van der Waals surface area contributed by atoms with Crippen molar-refractivity contribution in [3.8, 4) is 0 Å². The molecule has 0 atom stereocenters. The SMILES string of the molecule is CC(C)(C)C(Cc1ccsc1)C(C)(C)C. The number of hydrogen-bond donors (Lipinski definition) is 0. The van der Waals surface area contributed by atoms with Crippen LogP contribution in [0.1, 0.15) is 47.1 Å². The number of hydrogen-bond acceptors (Lipinski definition) is 1. The molecule has 0 saturated carbocycles. The van der Waals surface area contributed by atoms with Crippen LogP contribution in [0.3, 0.4) is 0 Å². The monoisotopic (exact) mass is 224 g/mol. The molecule has 0 aliphatic rings. The molecule has 0 aromatic carbocycles. The Morgan fingerprint density at radius 3 is 1.93 bits per heavy atom. The predicted molar refractivity (Wildman–Crippen MR) is 70.4 cm³/mol. The summed E-state index contributed by atoms with van der Waals surface area (Å²) < 4.78 is 0. The molecule has 1 heterocycles. The Hall–Kier alpha value is -0.300. The van der Waals surface area contributed by atoms with Gasteiger partial charge in [0.1, 0.15) is 0 Å². The van der Waals surface area contributed by atoms with Crippen LogP contribution in [0.25, 0.3) is 0 Å². The van der Waals surface area contributed by atoms with Gasteiger partial charge in [-0.05, 0) is 45.6 Å². The molecule has 0 bridgehead atoms. The quantitative estimate of drug-likeness (QED) is 0.663. The van der Waals surface area contributed by atoms with E-state index in [9.17, 15) is 0 Å². The highest BCUT2D eigenvalue weighted by atomic mass is 32.1. The molecule has 86 valence electrons. The zero-order valence-corrected chi connectivity index (χ0v) is 11.7. The maximum Gasteiger partial charge on any atom is -0.00611 e. The summed E-state index contributed by atoms with van der Waals surface area (Å²) >= 11 is 1.80. The standard InChI is InChI=1S/C14H24S/c1-13(2,3)12(14(4,5)6)9-11-7-8-15-10-11/h7-8,10,12H,9H2,1-6H3. The van der Waals surface area contributed by atoms with Crippen LogP contribution in [-0.4, -0.2) is 0 Å². The molecule has 15 heavy (non-hydrogen) atoms. The van der Waals surface area contributed by atoms with Crippen LogP contribution in [0.2, 0.25) is 0 Å². The average Bonchev–Trinajstić information content (AvgIpc) is 2.46. The summed E-state index contributed by atoms with van der Waals surface area (Å²) in [5.74, 6) is 0.722. The van der Waals surface area contributed by atoms with Gasteiger partial charge in [0.2, 0.25) is 0 Å². The molecule has 0 spiro atoms. The topological polar surface area (TPSA) is 0 Å². The van der Waals surface area contributed by atoms with E-state index < -0.39 is 0 Å². The normalized spacial score (nSPS) is 13.5. The van der Waals surface area contributed by atoms with E-state index in [1.165, 1.54) is 12.0 Å². The zero-order chi connectivity index (χ0) is 11.7. The molecule has 0 unspecified atom stereocenters. The summed E-state index contributed by atoms with van der Waals surface area (Å²) in [5, 5.41) is 4.46. The molecular weight excluding hydrogens is 200 g/mol. The van der Waals surface area contributed by atoms with E-state index in [0.29, 0.717) is 10.8 Å². The van der Waals surface area contributed by atoms with Crippen molar-refractivity contribution in [1.29, 1.82) is 0 Å². The van der Waals surface area contributed by atoms with Gasteiger partial charge >= 0.3 is 0 Å². The van der Waals surface area contributed by atoms with Gasteiger partial charge in [-0.2, -0.15) is 11.3 Å². The Balaban J connectivity index is 2.84. The Labute approximate surface area is 98.7 Å². The average molecular weight is 224 g/mol. The molecule has 0 nitrogen and oxygen atoms in total. The van der Waals surface area contributed by atoms with E-state index in [2.05, 4.69) is 58.4 Å². The minimum absolute atomic E-state index is 0.375. The fourth-order valence-electron chi connectivity index (χ4n) is 2.56. The summed E-state index contributed by atoms with van der Waals surface area (Å²) in [4.78, 5) is 0. The third-order valence-electron chi connectivity index (χ3n) is 3.11. The first kappa shape index (κ1) is 12.8. The Bertz CT molecular complexity index is 268. The third-order valence-corrected chi connectivity index (χ3v) is 3.84. The lowest BCUT2D eigenvalue weighted by molar-refractivity contribution is 0.102. The molecule has 0 N–H and O–H groups in total. The van der Waals surface area contributed by atoms with Crippen molar-refractivity contribution in [3.63, 3.8) is 0 Å². The molecule has 0 radical (unpaired) electrons. The van der Waals surface area contributed by atoms with Gasteiger partial charge in [0.05, 0.1) is 0 Å². The molecule has 1 aromatic rings. The van der Waals surface area contributed by atoms with Crippen LogP contribution in [0.15, 0.2) is 16.8 Å². The lowest BCUT2D eigenvalue weighted by Gasteiger charge is -2.41. The third kappa shape index (κ3) is 3.64. The van der Waals surface area contributed by atoms with Gasteiger partial charge in [0, 0.05) is 0 Å². The second kappa shape index (κ2) is 4.29. The molecule has 0 aliphatic heterocycles. The van der Waals surface area contributed by atoms with E-state index in [1.54, 1.807) is 11.3 Å². The Kier molecular flexibility index (Phi) is 3.65. The second-order valence-corrected chi connectivity index (χ2v) is 7.40. The van der Waals surface area contributed by atoms with E-state index in [4.69, 9.17) is 0 Å². The van der Waals surface area contributed by atoms with Crippen LogP contribution in [0.4, 0.5) is 0 Å². The van der Waals surface area contributed by atoms with Gasteiger partial charge in [-0.25, -0.2) is 0 Å². The van der Waals surface area contributed by atoms with E-state index >= 15 is 0 Å². The van der Waals surface area contributed by atoms with Crippen molar-refractivity contribution in [2.45, 2.75) is 48.0 Å². The highest BCUT2D eigenvalue weighted by Gasteiger charge is 2.34. The fourth-order valence-corrected chi connectivity index (χ4v) is 3.24. The lowest BCUT2D eigenvalue weighted by atomic mass is 9.64. The van der Waals surface area contributed by atoms with Crippen molar-refractivity contribution < 1.29 is 0 Å². The van der Waals surface area contributed by atoms with Crippen molar-refractivity contribution in [2.75, 3.05) is 0 Å². The molecule has 1 aromatic heterocycles. The van der Waals surface area contributed by atoms with Crippen LogP contribution >= 0.6 is 11.3 Å². The lowest BCUT2D eigenvalue weighted by Crippen LogP contribution is -2.34. The molecule has 0 saturated heterocycles. The highest BCUT2D eigenvalue weighted by Crippen LogP contribution is 2.42. The second-order valence-electron chi connectivity index (χ2n) is 6.62. The van der Waals surface area contributed by atoms with Crippen molar-refractivity contribution in [1.82, 2.24) is 0 Å². The molecule has 0 aliphatic carbocycles.